The first-order valence-electron chi connectivity index (χ1n) is 9.48. The Balaban J connectivity index is 1.78. The summed E-state index contributed by atoms with van der Waals surface area (Å²) in [6.45, 7) is 2.20. The number of anilines is 1. The molecule has 0 saturated heterocycles. The molecular formula is C21H26N4O4. The summed E-state index contributed by atoms with van der Waals surface area (Å²) in [5.41, 5.74) is 1.55. The molecule has 0 radical (unpaired) electrons. The van der Waals surface area contributed by atoms with Crippen LogP contribution in [0, 0.1) is 4.91 Å². The summed E-state index contributed by atoms with van der Waals surface area (Å²) < 4.78 is 0. The van der Waals surface area contributed by atoms with Crippen LogP contribution in [0.1, 0.15) is 25.3 Å². The molecule has 0 bridgehead atoms. The quantitative estimate of drug-likeness (QED) is 0.306. The second kappa shape index (κ2) is 11.4. The number of hydrogen-bond donors (Lipinski definition) is 3. The summed E-state index contributed by atoms with van der Waals surface area (Å²) in [5, 5.41) is 19.1. The number of amides is 2. The average molecular weight is 398 g/mol. The number of carbonyl (C=O) groups excluding carboxylic acids is 2. The summed E-state index contributed by atoms with van der Waals surface area (Å²) in [6, 6.07) is 15.1. The smallest absolute Gasteiger partial charge is 0.242 e. The number of nitrogens with one attached hydrogen (secondary N) is 2. The summed E-state index contributed by atoms with van der Waals surface area (Å²) >= 11 is 0. The average Bonchev–Trinajstić information content (AvgIpc) is 2.71. The van der Waals surface area contributed by atoms with Crippen molar-refractivity contribution in [3.8, 4) is 5.75 Å². The van der Waals surface area contributed by atoms with Crippen LogP contribution in [0.4, 0.5) is 5.69 Å². The normalized spacial score (nSPS) is 11.3. The lowest BCUT2D eigenvalue weighted by atomic mass is 10.1. The summed E-state index contributed by atoms with van der Waals surface area (Å²) in [5.74, 6) is -0.387. The number of unbranched alkanes of at least 4 members (excludes halogenated alkanes) is 1. The molecule has 2 aromatic carbocycles. The van der Waals surface area contributed by atoms with E-state index in [1.54, 1.807) is 12.1 Å². The lowest BCUT2D eigenvalue weighted by molar-refractivity contribution is -0.128. The van der Waals surface area contributed by atoms with Crippen LogP contribution in [0.25, 0.3) is 0 Å². The molecular weight excluding hydrogens is 372 g/mol. The third-order valence-corrected chi connectivity index (χ3v) is 4.32. The molecule has 0 aliphatic heterocycles. The largest absolute Gasteiger partial charge is 0.508 e. The zero-order valence-corrected chi connectivity index (χ0v) is 16.4. The van der Waals surface area contributed by atoms with Crippen LogP contribution in [-0.4, -0.2) is 36.1 Å². The van der Waals surface area contributed by atoms with Gasteiger partial charge in [0.1, 0.15) is 11.8 Å². The zero-order valence-electron chi connectivity index (χ0n) is 16.4. The van der Waals surface area contributed by atoms with Gasteiger partial charge >= 0.3 is 0 Å². The van der Waals surface area contributed by atoms with E-state index in [2.05, 4.69) is 15.9 Å². The molecule has 0 fully saturated rings. The predicted molar refractivity (Wildman–Crippen MR) is 111 cm³/mol. The van der Waals surface area contributed by atoms with Crippen molar-refractivity contribution in [1.82, 2.24) is 10.6 Å². The number of aromatic hydroxyl groups is 1. The van der Waals surface area contributed by atoms with E-state index in [0.29, 0.717) is 38.0 Å². The Bertz CT molecular complexity index is 796. The fraction of sp³-hybridized carbons (Fsp3) is 0.333. The highest BCUT2D eigenvalue weighted by atomic mass is 16.3. The van der Waals surface area contributed by atoms with Crippen molar-refractivity contribution in [3.63, 3.8) is 0 Å². The maximum atomic E-state index is 12.5. The number of rotatable bonds is 11. The standard InChI is InChI=1S/C21H26N4O4/c1-16(26)23-20(15-17-7-3-2-4-8-17)21(28)22-13-5-6-14-25(24-29)18-9-11-19(27)12-10-18/h2-4,7-12,20,27H,5-6,13-15H2,1H3,(H,22,28)(H,23,26)/t20-/m0/s1. The van der Waals surface area contributed by atoms with Crippen LogP contribution in [-0.2, 0) is 16.0 Å². The highest BCUT2D eigenvalue weighted by Gasteiger charge is 2.19. The fourth-order valence-corrected chi connectivity index (χ4v) is 2.87. The number of phenols is 1. The molecule has 0 aliphatic rings. The van der Waals surface area contributed by atoms with Crippen LogP contribution in [0.2, 0.25) is 0 Å². The Morgan fingerprint density at radius 3 is 2.38 bits per heavy atom. The minimum absolute atomic E-state index is 0.117. The Morgan fingerprint density at radius 1 is 1.07 bits per heavy atom. The van der Waals surface area contributed by atoms with Crippen molar-refractivity contribution in [3.05, 3.63) is 65.1 Å². The fourth-order valence-electron chi connectivity index (χ4n) is 2.87. The van der Waals surface area contributed by atoms with E-state index in [-0.39, 0.29) is 17.6 Å². The first-order valence-corrected chi connectivity index (χ1v) is 9.48. The Kier molecular flexibility index (Phi) is 8.62. The lowest BCUT2D eigenvalue weighted by Gasteiger charge is -2.18. The third-order valence-electron chi connectivity index (χ3n) is 4.32. The number of carbonyl (C=O) groups is 2. The van der Waals surface area contributed by atoms with Gasteiger partial charge in [0.05, 0.1) is 11.0 Å². The molecule has 0 spiro atoms. The van der Waals surface area contributed by atoms with Crippen LogP contribution in [0.5, 0.6) is 5.75 Å². The van der Waals surface area contributed by atoms with Gasteiger partial charge in [0.25, 0.3) is 0 Å². The Hall–Kier alpha value is -3.42. The second-order valence-corrected chi connectivity index (χ2v) is 6.66. The van der Waals surface area contributed by atoms with Gasteiger partial charge in [-0.25, -0.2) is 5.01 Å². The minimum atomic E-state index is -0.639. The van der Waals surface area contributed by atoms with E-state index in [0.717, 1.165) is 5.56 Å². The van der Waals surface area contributed by atoms with E-state index < -0.39 is 6.04 Å². The Labute approximate surface area is 169 Å². The topological polar surface area (TPSA) is 111 Å². The molecule has 0 heterocycles. The van der Waals surface area contributed by atoms with Gasteiger partial charge in [-0.15, -0.1) is 4.91 Å². The molecule has 0 aromatic heterocycles. The SMILES string of the molecule is CC(=O)N[C@@H](Cc1ccccc1)C(=O)NCCCCN(N=O)c1ccc(O)cc1. The Morgan fingerprint density at radius 2 is 1.76 bits per heavy atom. The van der Waals surface area contributed by atoms with Gasteiger partial charge in [-0.2, -0.15) is 0 Å². The van der Waals surface area contributed by atoms with E-state index >= 15 is 0 Å². The molecule has 0 aliphatic carbocycles. The first kappa shape index (κ1) is 21.9. The molecule has 3 N–H and O–H groups in total. The maximum absolute atomic E-state index is 12.5. The highest BCUT2D eigenvalue weighted by molar-refractivity contribution is 5.87. The summed E-state index contributed by atoms with van der Waals surface area (Å²) in [7, 11) is 0. The van der Waals surface area contributed by atoms with Gasteiger partial charge in [0.15, 0.2) is 0 Å². The summed E-state index contributed by atoms with van der Waals surface area (Å²) in [6.07, 6.45) is 1.69. The van der Waals surface area contributed by atoms with Crippen molar-refractivity contribution < 1.29 is 14.7 Å². The van der Waals surface area contributed by atoms with Gasteiger partial charge < -0.3 is 15.7 Å². The highest BCUT2D eigenvalue weighted by Crippen LogP contribution is 2.19. The molecule has 1 atom stereocenters. The number of hydrogen-bond acceptors (Lipinski definition) is 5. The van der Waals surface area contributed by atoms with Crippen LogP contribution >= 0.6 is 0 Å². The van der Waals surface area contributed by atoms with Crippen molar-refractivity contribution in [1.29, 1.82) is 0 Å². The molecule has 2 aromatic rings. The van der Waals surface area contributed by atoms with E-state index in [4.69, 9.17) is 0 Å². The first-order chi connectivity index (χ1) is 14.0. The molecule has 0 saturated carbocycles. The van der Waals surface area contributed by atoms with Crippen LogP contribution in [0.3, 0.4) is 0 Å². The molecule has 2 amide bonds. The molecule has 8 nitrogen and oxygen atoms in total. The van der Waals surface area contributed by atoms with E-state index in [1.165, 1.54) is 24.1 Å². The van der Waals surface area contributed by atoms with Gasteiger partial charge in [0.2, 0.25) is 11.8 Å². The molecule has 0 unspecified atom stereocenters. The number of phenolic OH excluding ortho intramolecular Hbond substituents is 1. The monoisotopic (exact) mass is 398 g/mol. The maximum Gasteiger partial charge on any atom is 0.242 e. The third kappa shape index (κ3) is 7.61. The summed E-state index contributed by atoms with van der Waals surface area (Å²) in [4.78, 5) is 34.9. The molecule has 8 heteroatoms. The molecule has 29 heavy (non-hydrogen) atoms. The van der Waals surface area contributed by atoms with Crippen molar-refractivity contribution in [2.45, 2.75) is 32.2 Å². The van der Waals surface area contributed by atoms with E-state index in [9.17, 15) is 19.6 Å². The molecule has 2 rings (SSSR count). The van der Waals surface area contributed by atoms with Crippen molar-refractivity contribution in [2.24, 2.45) is 5.29 Å². The zero-order chi connectivity index (χ0) is 21.1. The van der Waals surface area contributed by atoms with Gasteiger partial charge in [-0.3, -0.25) is 9.59 Å². The lowest BCUT2D eigenvalue weighted by Crippen LogP contribution is -2.47. The van der Waals surface area contributed by atoms with Crippen LogP contribution < -0.4 is 15.6 Å². The second-order valence-electron chi connectivity index (χ2n) is 6.66. The number of nitroso groups, excluding NO2 is 1. The van der Waals surface area contributed by atoms with Crippen molar-refractivity contribution >= 4 is 17.5 Å². The van der Waals surface area contributed by atoms with Gasteiger partial charge in [0, 0.05) is 26.4 Å². The van der Waals surface area contributed by atoms with Crippen molar-refractivity contribution in [2.75, 3.05) is 18.1 Å². The van der Waals surface area contributed by atoms with Gasteiger partial charge in [-0.1, -0.05) is 30.3 Å². The van der Waals surface area contributed by atoms with E-state index in [1.807, 2.05) is 30.3 Å². The molecule has 154 valence electrons. The predicted octanol–water partition coefficient (Wildman–Crippen LogP) is 2.52. The van der Waals surface area contributed by atoms with Gasteiger partial charge in [-0.05, 0) is 42.7 Å². The number of benzene rings is 2. The number of nitrogens with zero attached hydrogens (tertiary/aromatic N) is 2. The minimum Gasteiger partial charge on any atom is -0.508 e. The van der Waals surface area contributed by atoms with Crippen LogP contribution in [0.15, 0.2) is 59.9 Å².